The minimum Gasteiger partial charge on any atom is -0.504 e. The lowest BCUT2D eigenvalue weighted by atomic mass is 10.2. The molecule has 1 aromatic rings. The van der Waals surface area contributed by atoms with Gasteiger partial charge in [-0.1, -0.05) is 12.1 Å². The highest BCUT2D eigenvalue weighted by atomic mass is 16.5. The molecule has 0 bridgehead atoms. The van der Waals surface area contributed by atoms with Crippen LogP contribution in [-0.4, -0.2) is 19.3 Å². The summed E-state index contributed by atoms with van der Waals surface area (Å²) in [6, 6.07) is 5.44. The number of methoxy groups -OCH3 is 1. The minimum atomic E-state index is 0.217. The first-order valence-electron chi connectivity index (χ1n) is 3.79. The van der Waals surface area contributed by atoms with Gasteiger partial charge in [0.25, 0.3) is 0 Å². The van der Waals surface area contributed by atoms with Crippen LogP contribution in [0.25, 0.3) is 0 Å². The van der Waals surface area contributed by atoms with E-state index in [-0.39, 0.29) is 5.75 Å². The van der Waals surface area contributed by atoms with Gasteiger partial charge in [0, 0.05) is 12.1 Å². The molecule has 3 nitrogen and oxygen atoms in total. The average molecular weight is 167 g/mol. The van der Waals surface area contributed by atoms with Gasteiger partial charge in [0.15, 0.2) is 11.5 Å². The van der Waals surface area contributed by atoms with E-state index in [1.807, 2.05) is 19.2 Å². The standard InChI is InChI=1S/C9H13NO2/c1-10-6-7-4-3-5-8(12-2)9(7)11/h3-5,10-11H,6H2,1-2H3. The van der Waals surface area contributed by atoms with Gasteiger partial charge in [-0.25, -0.2) is 0 Å². The van der Waals surface area contributed by atoms with E-state index in [0.717, 1.165) is 5.56 Å². The van der Waals surface area contributed by atoms with E-state index in [1.54, 1.807) is 6.07 Å². The maximum absolute atomic E-state index is 9.55. The Morgan fingerprint density at radius 3 is 2.83 bits per heavy atom. The van der Waals surface area contributed by atoms with Crippen LogP contribution in [0.4, 0.5) is 0 Å². The van der Waals surface area contributed by atoms with Crippen molar-refractivity contribution >= 4 is 0 Å². The number of hydrogen-bond acceptors (Lipinski definition) is 3. The third kappa shape index (κ3) is 1.68. The molecule has 1 aromatic carbocycles. The Bertz CT molecular complexity index is 261. The molecule has 2 N–H and O–H groups in total. The highest BCUT2D eigenvalue weighted by Gasteiger charge is 2.04. The number of rotatable bonds is 3. The Kier molecular flexibility index (Phi) is 2.94. The van der Waals surface area contributed by atoms with Gasteiger partial charge in [-0.2, -0.15) is 0 Å². The first kappa shape index (κ1) is 8.87. The Morgan fingerprint density at radius 2 is 2.25 bits per heavy atom. The normalized spacial score (nSPS) is 9.83. The molecule has 1 rings (SSSR count). The number of hydrogen-bond donors (Lipinski definition) is 2. The SMILES string of the molecule is CNCc1cccc(OC)c1O. The molecule has 12 heavy (non-hydrogen) atoms. The molecule has 0 radical (unpaired) electrons. The van der Waals surface area contributed by atoms with E-state index in [9.17, 15) is 5.11 Å². The molecular weight excluding hydrogens is 154 g/mol. The van der Waals surface area contributed by atoms with Crippen molar-refractivity contribution in [3.8, 4) is 11.5 Å². The molecule has 0 unspecified atom stereocenters. The number of ether oxygens (including phenoxy) is 1. The van der Waals surface area contributed by atoms with Crippen molar-refractivity contribution in [1.82, 2.24) is 5.32 Å². The summed E-state index contributed by atoms with van der Waals surface area (Å²) in [5.74, 6) is 0.733. The summed E-state index contributed by atoms with van der Waals surface area (Å²) in [6.07, 6.45) is 0. The predicted octanol–water partition coefficient (Wildman–Crippen LogP) is 1.12. The van der Waals surface area contributed by atoms with Gasteiger partial charge < -0.3 is 15.2 Å². The van der Waals surface area contributed by atoms with E-state index in [1.165, 1.54) is 7.11 Å². The second-order valence-corrected chi connectivity index (χ2v) is 2.50. The van der Waals surface area contributed by atoms with Crippen molar-refractivity contribution in [2.75, 3.05) is 14.2 Å². The molecule has 0 aliphatic carbocycles. The predicted molar refractivity (Wildman–Crippen MR) is 47.4 cm³/mol. The monoisotopic (exact) mass is 167 g/mol. The first-order valence-corrected chi connectivity index (χ1v) is 3.79. The van der Waals surface area contributed by atoms with Crippen LogP contribution in [0.3, 0.4) is 0 Å². The zero-order chi connectivity index (χ0) is 8.97. The molecule has 0 heterocycles. The second-order valence-electron chi connectivity index (χ2n) is 2.50. The van der Waals surface area contributed by atoms with Gasteiger partial charge in [0.1, 0.15) is 0 Å². The number of para-hydroxylation sites is 1. The average Bonchev–Trinajstić information content (AvgIpc) is 2.09. The van der Waals surface area contributed by atoms with E-state index >= 15 is 0 Å². The molecule has 0 atom stereocenters. The maximum atomic E-state index is 9.55. The van der Waals surface area contributed by atoms with E-state index in [2.05, 4.69) is 5.32 Å². The van der Waals surface area contributed by atoms with Gasteiger partial charge in [-0.15, -0.1) is 0 Å². The number of benzene rings is 1. The van der Waals surface area contributed by atoms with Gasteiger partial charge in [0.2, 0.25) is 0 Å². The Morgan fingerprint density at radius 1 is 1.50 bits per heavy atom. The number of phenols is 1. The summed E-state index contributed by atoms with van der Waals surface area (Å²) in [4.78, 5) is 0. The van der Waals surface area contributed by atoms with Crippen molar-refractivity contribution in [2.24, 2.45) is 0 Å². The highest BCUT2D eigenvalue weighted by molar-refractivity contribution is 5.45. The molecule has 0 aliphatic heterocycles. The summed E-state index contributed by atoms with van der Waals surface area (Å²) in [5, 5.41) is 12.5. The van der Waals surface area contributed by atoms with Crippen LogP contribution in [0.1, 0.15) is 5.56 Å². The molecule has 66 valence electrons. The molecule has 0 amide bonds. The zero-order valence-electron chi connectivity index (χ0n) is 7.29. The van der Waals surface area contributed by atoms with Crippen LogP contribution in [0, 0.1) is 0 Å². The van der Waals surface area contributed by atoms with Crippen molar-refractivity contribution in [2.45, 2.75) is 6.54 Å². The fourth-order valence-electron chi connectivity index (χ4n) is 1.07. The topological polar surface area (TPSA) is 41.5 Å². The fraction of sp³-hybridized carbons (Fsp3) is 0.333. The summed E-state index contributed by atoms with van der Waals surface area (Å²) >= 11 is 0. The Hall–Kier alpha value is -1.22. The molecule has 0 saturated carbocycles. The molecule has 0 fully saturated rings. The van der Waals surface area contributed by atoms with Crippen LogP contribution < -0.4 is 10.1 Å². The third-order valence-electron chi connectivity index (χ3n) is 1.67. The highest BCUT2D eigenvalue weighted by Crippen LogP contribution is 2.28. The summed E-state index contributed by atoms with van der Waals surface area (Å²) in [5.41, 5.74) is 0.844. The van der Waals surface area contributed by atoms with Crippen molar-refractivity contribution in [3.05, 3.63) is 23.8 Å². The largest absolute Gasteiger partial charge is 0.504 e. The molecule has 0 aromatic heterocycles. The summed E-state index contributed by atoms with van der Waals surface area (Å²) < 4.78 is 4.95. The van der Waals surface area contributed by atoms with Crippen LogP contribution in [0.15, 0.2) is 18.2 Å². The smallest absolute Gasteiger partial charge is 0.162 e. The molecule has 3 heteroatoms. The Labute approximate surface area is 72.0 Å². The Balaban J connectivity index is 2.97. The van der Waals surface area contributed by atoms with Crippen LogP contribution in [0.5, 0.6) is 11.5 Å². The van der Waals surface area contributed by atoms with Crippen LogP contribution >= 0.6 is 0 Å². The van der Waals surface area contributed by atoms with Gasteiger partial charge in [-0.05, 0) is 13.1 Å². The van der Waals surface area contributed by atoms with Gasteiger partial charge in [0.05, 0.1) is 7.11 Å². The lowest BCUT2D eigenvalue weighted by Crippen LogP contribution is -2.05. The van der Waals surface area contributed by atoms with Crippen molar-refractivity contribution in [3.63, 3.8) is 0 Å². The summed E-state index contributed by atoms with van der Waals surface area (Å²) in [7, 11) is 3.37. The quantitative estimate of drug-likeness (QED) is 0.708. The van der Waals surface area contributed by atoms with Gasteiger partial charge in [-0.3, -0.25) is 0 Å². The van der Waals surface area contributed by atoms with Gasteiger partial charge >= 0.3 is 0 Å². The van der Waals surface area contributed by atoms with Crippen LogP contribution in [0.2, 0.25) is 0 Å². The fourth-order valence-corrected chi connectivity index (χ4v) is 1.07. The first-order chi connectivity index (χ1) is 5.79. The zero-order valence-corrected chi connectivity index (χ0v) is 7.29. The number of phenolic OH excluding ortho intramolecular Hbond substituents is 1. The number of aromatic hydroxyl groups is 1. The maximum Gasteiger partial charge on any atom is 0.162 e. The van der Waals surface area contributed by atoms with E-state index in [4.69, 9.17) is 4.74 Å². The third-order valence-corrected chi connectivity index (χ3v) is 1.67. The lowest BCUT2D eigenvalue weighted by molar-refractivity contribution is 0.370. The molecule has 0 aliphatic rings. The van der Waals surface area contributed by atoms with Crippen molar-refractivity contribution in [1.29, 1.82) is 0 Å². The molecule has 0 saturated heterocycles. The van der Waals surface area contributed by atoms with Crippen molar-refractivity contribution < 1.29 is 9.84 Å². The number of nitrogens with one attached hydrogen (secondary N) is 1. The second kappa shape index (κ2) is 3.97. The summed E-state index contributed by atoms with van der Waals surface area (Å²) in [6.45, 7) is 0.642. The lowest BCUT2D eigenvalue weighted by Gasteiger charge is -2.07. The molecule has 0 spiro atoms. The van der Waals surface area contributed by atoms with E-state index < -0.39 is 0 Å². The minimum absolute atomic E-state index is 0.217. The molecular formula is C9H13NO2. The van der Waals surface area contributed by atoms with E-state index in [0.29, 0.717) is 12.3 Å². The van der Waals surface area contributed by atoms with Crippen LogP contribution in [-0.2, 0) is 6.54 Å².